The first-order valence-corrected chi connectivity index (χ1v) is 6.22. The van der Waals surface area contributed by atoms with E-state index in [1.165, 1.54) is 30.3 Å². The molecule has 0 spiro atoms. The molecular weight excluding hydrogens is 298 g/mol. The Hall–Kier alpha value is -2.60. The molecule has 0 radical (unpaired) electrons. The van der Waals surface area contributed by atoms with Gasteiger partial charge >= 0.3 is 5.97 Å². The predicted molar refractivity (Wildman–Crippen MR) is 76.3 cm³/mol. The highest BCUT2D eigenvalue weighted by molar-refractivity contribution is 6.33. The highest BCUT2D eigenvalue weighted by atomic mass is 35.5. The molecule has 0 unspecified atom stereocenters. The highest BCUT2D eigenvalue weighted by Gasteiger charge is 2.13. The van der Waals surface area contributed by atoms with Crippen LogP contribution in [0.4, 0.5) is 5.69 Å². The first-order chi connectivity index (χ1) is 9.88. The Morgan fingerprint density at radius 1 is 1.29 bits per heavy atom. The van der Waals surface area contributed by atoms with Gasteiger partial charge in [0.1, 0.15) is 11.5 Å². The second kappa shape index (κ2) is 5.80. The molecule has 0 heterocycles. The third-order valence-corrected chi connectivity index (χ3v) is 3.11. The van der Waals surface area contributed by atoms with E-state index in [4.69, 9.17) is 21.4 Å². The SMILES string of the molecule is Cc1ccc([N+](=O)[O-])cc1Oc1ccc(Cl)c(C(=O)O)c1. The molecular formula is C14H10ClNO5. The first-order valence-electron chi connectivity index (χ1n) is 5.84. The minimum absolute atomic E-state index is 0.0885. The Kier molecular flexibility index (Phi) is 4.09. The van der Waals surface area contributed by atoms with Crippen LogP contribution in [0, 0.1) is 17.0 Å². The zero-order chi connectivity index (χ0) is 15.6. The third-order valence-electron chi connectivity index (χ3n) is 2.78. The number of nitro groups is 1. The minimum atomic E-state index is -1.18. The van der Waals surface area contributed by atoms with E-state index in [0.29, 0.717) is 5.56 Å². The van der Waals surface area contributed by atoms with Gasteiger partial charge in [-0.15, -0.1) is 0 Å². The van der Waals surface area contributed by atoms with Crippen LogP contribution in [0.2, 0.25) is 5.02 Å². The summed E-state index contributed by atoms with van der Waals surface area (Å²) in [5.41, 5.74) is 0.479. The number of ether oxygens (including phenoxy) is 1. The number of carboxylic acids is 1. The van der Waals surface area contributed by atoms with Crippen LogP contribution in [0.5, 0.6) is 11.5 Å². The number of aromatic carboxylic acids is 1. The quantitative estimate of drug-likeness (QED) is 0.680. The van der Waals surface area contributed by atoms with Crippen molar-refractivity contribution in [1.82, 2.24) is 0 Å². The lowest BCUT2D eigenvalue weighted by molar-refractivity contribution is -0.384. The molecule has 21 heavy (non-hydrogen) atoms. The van der Waals surface area contributed by atoms with Crippen molar-refractivity contribution in [3.8, 4) is 11.5 Å². The summed E-state index contributed by atoms with van der Waals surface area (Å²) < 4.78 is 5.52. The van der Waals surface area contributed by atoms with Crippen molar-refractivity contribution in [1.29, 1.82) is 0 Å². The Morgan fingerprint density at radius 2 is 2.00 bits per heavy atom. The minimum Gasteiger partial charge on any atom is -0.478 e. The normalized spacial score (nSPS) is 10.2. The Morgan fingerprint density at radius 3 is 2.62 bits per heavy atom. The smallest absolute Gasteiger partial charge is 0.337 e. The van der Waals surface area contributed by atoms with Crippen LogP contribution in [0.1, 0.15) is 15.9 Å². The second-order valence-electron chi connectivity index (χ2n) is 4.26. The monoisotopic (exact) mass is 307 g/mol. The van der Waals surface area contributed by atoms with E-state index in [1.807, 2.05) is 0 Å². The summed E-state index contributed by atoms with van der Waals surface area (Å²) in [5, 5.41) is 19.8. The molecule has 0 fully saturated rings. The summed E-state index contributed by atoms with van der Waals surface area (Å²) in [6.07, 6.45) is 0. The van der Waals surface area contributed by atoms with Crippen LogP contribution in [0.25, 0.3) is 0 Å². The summed E-state index contributed by atoms with van der Waals surface area (Å²) in [6.45, 7) is 1.73. The van der Waals surface area contributed by atoms with E-state index in [1.54, 1.807) is 13.0 Å². The molecule has 0 saturated carbocycles. The zero-order valence-electron chi connectivity index (χ0n) is 10.9. The van der Waals surface area contributed by atoms with Crippen molar-refractivity contribution in [2.45, 2.75) is 6.92 Å². The van der Waals surface area contributed by atoms with Gasteiger partial charge in [0, 0.05) is 6.07 Å². The van der Waals surface area contributed by atoms with E-state index >= 15 is 0 Å². The van der Waals surface area contributed by atoms with Crippen molar-refractivity contribution < 1.29 is 19.6 Å². The molecule has 108 valence electrons. The number of nitro benzene ring substituents is 1. The molecule has 2 aromatic carbocycles. The molecule has 1 N–H and O–H groups in total. The zero-order valence-corrected chi connectivity index (χ0v) is 11.6. The van der Waals surface area contributed by atoms with E-state index in [0.717, 1.165) is 0 Å². The number of nitrogens with zero attached hydrogens (tertiary/aromatic N) is 1. The van der Waals surface area contributed by atoms with Crippen LogP contribution < -0.4 is 4.74 Å². The third kappa shape index (κ3) is 3.29. The predicted octanol–water partition coefficient (Wildman–Crippen LogP) is 4.05. The highest BCUT2D eigenvalue weighted by Crippen LogP contribution is 2.30. The van der Waals surface area contributed by atoms with E-state index in [-0.39, 0.29) is 27.8 Å². The number of carboxylic acid groups (broad SMARTS) is 1. The van der Waals surface area contributed by atoms with Gasteiger partial charge in [-0.25, -0.2) is 4.79 Å². The summed E-state index contributed by atoms with van der Waals surface area (Å²) in [5.74, 6) is -0.663. The lowest BCUT2D eigenvalue weighted by Crippen LogP contribution is -1.98. The number of non-ortho nitro benzene ring substituents is 1. The van der Waals surface area contributed by atoms with Crippen molar-refractivity contribution >= 4 is 23.3 Å². The summed E-state index contributed by atoms with van der Waals surface area (Å²) in [4.78, 5) is 21.2. The number of hydrogen-bond acceptors (Lipinski definition) is 4. The van der Waals surface area contributed by atoms with Crippen LogP contribution in [0.3, 0.4) is 0 Å². The van der Waals surface area contributed by atoms with Crippen molar-refractivity contribution in [2.75, 3.05) is 0 Å². The summed E-state index contributed by atoms with van der Waals surface area (Å²) >= 11 is 5.77. The number of halogens is 1. The first kappa shape index (κ1) is 14.8. The molecule has 0 aliphatic rings. The van der Waals surface area contributed by atoms with Gasteiger partial charge in [0.15, 0.2) is 0 Å². The topological polar surface area (TPSA) is 89.7 Å². The molecule has 0 aliphatic carbocycles. The fraction of sp³-hybridized carbons (Fsp3) is 0.0714. The lowest BCUT2D eigenvalue weighted by Gasteiger charge is -2.09. The number of benzene rings is 2. The molecule has 0 aromatic heterocycles. The average molecular weight is 308 g/mol. The van der Waals surface area contributed by atoms with Crippen LogP contribution in [0.15, 0.2) is 36.4 Å². The van der Waals surface area contributed by atoms with Gasteiger partial charge in [0.2, 0.25) is 0 Å². The van der Waals surface area contributed by atoms with Crippen LogP contribution in [-0.4, -0.2) is 16.0 Å². The average Bonchev–Trinajstić information content (AvgIpc) is 2.42. The number of carbonyl (C=O) groups is 1. The molecule has 0 amide bonds. The number of aryl methyl sites for hydroxylation is 1. The van der Waals surface area contributed by atoms with Gasteiger partial charge in [-0.3, -0.25) is 10.1 Å². The van der Waals surface area contributed by atoms with Gasteiger partial charge in [0.25, 0.3) is 5.69 Å². The van der Waals surface area contributed by atoms with E-state index in [2.05, 4.69) is 0 Å². The van der Waals surface area contributed by atoms with Crippen molar-refractivity contribution in [3.63, 3.8) is 0 Å². The maximum absolute atomic E-state index is 11.0. The van der Waals surface area contributed by atoms with Crippen molar-refractivity contribution in [2.24, 2.45) is 0 Å². The van der Waals surface area contributed by atoms with Gasteiger partial charge in [-0.05, 0) is 36.8 Å². The fourth-order valence-electron chi connectivity index (χ4n) is 1.67. The van der Waals surface area contributed by atoms with E-state index < -0.39 is 10.9 Å². The standard InChI is InChI=1S/C14H10ClNO5/c1-8-2-3-9(16(19)20)6-13(8)21-10-4-5-12(15)11(7-10)14(17)18/h2-7H,1H3,(H,17,18). The fourth-order valence-corrected chi connectivity index (χ4v) is 1.87. The molecule has 0 aliphatic heterocycles. The Labute approximate surface area is 124 Å². The Balaban J connectivity index is 2.38. The van der Waals surface area contributed by atoms with Gasteiger partial charge in [0.05, 0.1) is 21.6 Å². The van der Waals surface area contributed by atoms with Crippen LogP contribution >= 0.6 is 11.6 Å². The van der Waals surface area contributed by atoms with Gasteiger partial charge < -0.3 is 9.84 Å². The van der Waals surface area contributed by atoms with Gasteiger partial charge in [-0.1, -0.05) is 11.6 Å². The lowest BCUT2D eigenvalue weighted by atomic mass is 10.2. The molecule has 7 heteroatoms. The maximum Gasteiger partial charge on any atom is 0.337 e. The molecule has 2 aromatic rings. The number of rotatable bonds is 4. The molecule has 6 nitrogen and oxygen atoms in total. The summed E-state index contributed by atoms with van der Waals surface area (Å²) in [7, 11) is 0. The maximum atomic E-state index is 11.0. The largest absolute Gasteiger partial charge is 0.478 e. The number of hydrogen-bond donors (Lipinski definition) is 1. The molecule has 0 atom stereocenters. The Bertz CT molecular complexity index is 729. The molecule has 2 rings (SSSR count). The van der Waals surface area contributed by atoms with Gasteiger partial charge in [-0.2, -0.15) is 0 Å². The second-order valence-corrected chi connectivity index (χ2v) is 4.66. The van der Waals surface area contributed by atoms with Crippen LogP contribution in [-0.2, 0) is 0 Å². The summed E-state index contributed by atoms with van der Waals surface area (Å²) in [6, 6.07) is 8.36. The van der Waals surface area contributed by atoms with Crippen molar-refractivity contribution in [3.05, 3.63) is 62.7 Å². The molecule has 0 bridgehead atoms. The van der Waals surface area contributed by atoms with E-state index in [9.17, 15) is 14.9 Å². The molecule has 0 saturated heterocycles.